The van der Waals surface area contributed by atoms with Gasteiger partial charge < -0.3 is 10.2 Å². The number of hydrogen-bond acceptors (Lipinski definition) is 5. The van der Waals surface area contributed by atoms with Gasteiger partial charge in [0.1, 0.15) is 5.82 Å². The summed E-state index contributed by atoms with van der Waals surface area (Å²) in [4.78, 5) is 18.0. The van der Waals surface area contributed by atoms with E-state index in [2.05, 4.69) is 15.2 Å². The van der Waals surface area contributed by atoms with Gasteiger partial charge in [-0.25, -0.2) is 10.5 Å². The molecule has 0 radical (unpaired) electrons. The van der Waals surface area contributed by atoms with Crippen LogP contribution in [0.5, 0.6) is 0 Å². The Morgan fingerprint density at radius 3 is 2.84 bits per heavy atom. The van der Waals surface area contributed by atoms with Gasteiger partial charge in [-0.3, -0.25) is 10.0 Å². The number of nitrogens with zero attached hydrogens (tertiary/aromatic N) is 2. The molecular formula is C19H28N4O2. The molecule has 0 unspecified atom stereocenters. The highest BCUT2D eigenvalue weighted by molar-refractivity contribution is 5.90. The van der Waals surface area contributed by atoms with Crippen LogP contribution >= 0.6 is 0 Å². The molecule has 2 fully saturated rings. The van der Waals surface area contributed by atoms with E-state index in [0.717, 1.165) is 30.3 Å². The lowest BCUT2D eigenvalue weighted by Gasteiger charge is -2.26. The van der Waals surface area contributed by atoms with E-state index < -0.39 is 5.91 Å². The first kappa shape index (κ1) is 17.9. The molecule has 1 atom stereocenters. The van der Waals surface area contributed by atoms with Crippen LogP contribution in [0.4, 0.5) is 5.82 Å². The lowest BCUT2D eigenvalue weighted by Crippen LogP contribution is -2.31. The van der Waals surface area contributed by atoms with E-state index in [9.17, 15) is 4.79 Å². The van der Waals surface area contributed by atoms with E-state index in [4.69, 9.17) is 5.21 Å². The Bertz CT molecular complexity index is 582. The van der Waals surface area contributed by atoms with Gasteiger partial charge >= 0.3 is 0 Å². The zero-order valence-electron chi connectivity index (χ0n) is 14.7. The monoisotopic (exact) mass is 344 g/mol. The third kappa shape index (κ3) is 5.54. The normalized spacial score (nSPS) is 22.4. The molecule has 0 bridgehead atoms. The highest BCUT2D eigenvalue weighted by Gasteiger charge is 2.25. The summed E-state index contributed by atoms with van der Waals surface area (Å²) in [5, 5.41) is 12.0. The second-order valence-corrected chi connectivity index (χ2v) is 7.18. The molecule has 1 amide bonds. The van der Waals surface area contributed by atoms with E-state index in [1.807, 2.05) is 12.1 Å². The maximum atomic E-state index is 11.0. The number of hydrogen-bond donors (Lipinski definition) is 3. The quantitative estimate of drug-likeness (QED) is 0.420. The number of carbonyl (C=O) groups excluding carboxylic acids is 1. The van der Waals surface area contributed by atoms with Gasteiger partial charge in [0.2, 0.25) is 0 Å². The van der Waals surface area contributed by atoms with Crippen molar-refractivity contribution in [3.05, 3.63) is 30.0 Å². The van der Waals surface area contributed by atoms with Gasteiger partial charge in [0.05, 0.1) is 0 Å². The minimum absolute atomic E-state index is 0.456. The lowest BCUT2D eigenvalue weighted by molar-refractivity contribution is -0.124. The van der Waals surface area contributed by atoms with E-state index in [0.29, 0.717) is 6.04 Å². The van der Waals surface area contributed by atoms with Crippen molar-refractivity contribution in [2.75, 3.05) is 25.0 Å². The number of nitrogens with one attached hydrogen (secondary N) is 2. The molecule has 2 heterocycles. The molecule has 0 aromatic carbocycles. The molecule has 25 heavy (non-hydrogen) atoms. The Hall–Kier alpha value is -1.92. The van der Waals surface area contributed by atoms with Crippen LogP contribution in [0, 0.1) is 5.92 Å². The zero-order valence-corrected chi connectivity index (χ0v) is 14.7. The number of aromatic nitrogens is 1. The van der Waals surface area contributed by atoms with Gasteiger partial charge in [-0.2, -0.15) is 0 Å². The van der Waals surface area contributed by atoms with Crippen LogP contribution in [-0.4, -0.2) is 46.7 Å². The number of hydroxylamine groups is 1. The predicted octanol–water partition coefficient (Wildman–Crippen LogP) is 2.67. The summed E-state index contributed by atoms with van der Waals surface area (Å²) in [5.41, 5.74) is 2.38. The van der Waals surface area contributed by atoms with Crippen LogP contribution in [0.15, 0.2) is 24.4 Å². The maximum absolute atomic E-state index is 11.0. The molecule has 1 aliphatic carbocycles. The van der Waals surface area contributed by atoms with Crippen molar-refractivity contribution >= 4 is 17.8 Å². The van der Waals surface area contributed by atoms with E-state index >= 15 is 0 Å². The smallest absolute Gasteiger partial charge is 0.267 e. The summed E-state index contributed by atoms with van der Waals surface area (Å²) < 4.78 is 0. The van der Waals surface area contributed by atoms with Gasteiger partial charge in [0.15, 0.2) is 0 Å². The summed E-state index contributed by atoms with van der Waals surface area (Å²) in [6.45, 7) is 3.52. The van der Waals surface area contributed by atoms with Gasteiger partial charge in [-0.05, 0) is 49.0 Å². The Morgan fingerprint density at radius 1 is 1.28 bits per heavy atom. The molecule has 0 spiro atoms. The van der Waals surface area contributed by atoms with Crippen LogP contribution in [0.1, 0.15) is 44.1 Å². The molecule has 1 saturated heterocycles. The minimum atomic E-state index is -0.550. The first-order valence-corrected chi connectivity index (χ1v) is 9.30. The van der Waals surface area contributed by atoms with Crippen molar-refractivity contribution < 1.29 is 10.0 Å². The SMILES string of the molecule is O=C(/C=C/c1ccc(N[C@@H]2CCN(CC3CCCCC3)C2)nc1)NO. The number of likely N-dealkylation sites (tertiary alicyclic amines) is 1. The van der Waals surface area contributed by atoms with Crippen molar-refractivity contribution in [2.24, 2.45) is 5.92 Å². The highest BCUT2D eigenvalue weighted by Crippen LogP contribution is 2.26. The summed E-state index contributed by atoms with van der Waals surface area (Å²) >= 11 is 0. The van der Waals surface area contributed by atoms with Gasteiger partial charge in [-0.15, -0.1) is 0 Å². The average molecular weight is 344 g/mol. The fourth-order valence-electron chi connectivity index (χ4n) is 3.86. The molecule has 3 rings (SSSR count). The average Bonchev–Trinajstić information content (AvgIpc) is 3.08. The second-order valence-electron chi connectivity index (χ2n) is 7.18. The minimum Gasteiger partial charge on any atom is -0.366 e. The highest BCUT2D eigenvalue weighted by atomic mass is 16.5. The largest absolute Gasteiger partial charge is 0.366 e. The summed E-state index contributed by atoms with van der Waals surface area (Å²) in [5.74, 6) is 1.22. The van der Waals surface area contributed by atoms with Crippen LogP contribution in [0.3, 0.4) is 0 Å². The molecular weight excluding hydrogens is 316 g/mol. The molecule has 3 N–H and O–H groups in total. The van der Waals surface area contributed by atoms with Gasteiger partial charge in [-0.1, -0.05) is 19.3 Å². The molecule has 1 aliphatic heterocycles. The Balaban J connectivity index is 1.45. The number of carbonyl (C=O) groups is 1. The molecule has 6 heteroatoms. The first-order valence-electron chi connectivity index (χ1n) is 9.30. The number of anilines is 1. The van der Waals surface area contributed by atoms with Gasteiger partial charge in [0.25, 0.3) is 5.91 Å². The maximum Gasteiger partial charge on any atom is 0.267 e. The Morgan fingerprint density at radius 2 is 2.12 bits per heavy atom. The van der Waals surface area contributed by atoms with Crippen LogP contribution < -0.4 is 10.8 Å². The molecule has 1 aromatic heterocycles. The first-order chi connectivity index (χ1) is 12.2. The van der Waals surface area contributed by atoms with Crippen LogP contribution in [-0.2, 0) is 4.79 Å². The van der Waals surface area contributed by atoms with E-state index in [1.165, 1.54) is 51.3 Å². The standard InChI is InChI=1S/C19H28N4O2/c24-19(22-25)9-7-15-6-8-18(20-12-15)21-17-10-11-23(14-17)13-16-4-2-1-3-5-16/h6-9,12,16-17,25H,1-5,10-11,13-14H2,(H,20,21)(H,22,24)/b9-7+/t17-/m1/s1. The van der Waals surface area contributed by atoms with Crippen molar-refractivity contribution in [1.82, 2.24) is 15.4 Å². The van der Waals surface area contributed by atoms with Crippen molar-refractivity contribution in [3.63, 3.8) is 0 Å². The second kappa shape index (κ2) is 8.97. The third-order valence-electron chi connectivity index (χ3n) is 5.19. The van der Waals surface area contributed by atoms with Crippen molar-refractivity contribution in [1.29, 1.82) is 0 Å². The van der Waals surface area contributed by atoms with E-state index in [-0.39, 0.29) is 0 Å². The molecule has 2 aliphatic rings. The van der Waals surface area contributed by atoms with Gasteiger partial charge in [0, 0.05) is 37.9 Å². The fraction of sp³-hybridized carbons (Fsp3) is 0.579. The van der Waals surface area contributed by atoms with Crippen LogP contribution in [0.25, 0.3) is 6.08 Å². The fourth-order valence-corrected chi connectivity index (χ4v) is 3.86. The molecule has 136 valence electrons. The lowest BCUT2D eigenvalue weighted by atomic mass is 9.89. The molecule has 1 aromatic rings. The summed E-state index contributed by atoms with van der Waals surface area (Å²) in [6.07, 6.45) is 12.8. The van der Waals surface area contributed by atoms with Crippen LogP contribution in [0.2, 0.25) is 0 Å². The van der Waals surface area contributed by atoms with Crippen molar-refractivity contribution in [3.8, 4) is 0 Å². The number of rotatable bonds is 6. The topological polar surface area (TPSA) is 77.5 Å². The Kier molecular flexibility index (Phi) is 6.42. The molecule has 6 nitrogen and oxygen atoms in total. The Labute approximate surface area is 149 Å². The number of amides is 1. The zero-order chi connectivity index (χ0) is 17.5. The predicted molar refractivity (Wildman–Crippen MR) is 98.2 cm³/mol. The van der Waals surface area contributed by atoms with E-state index in [1.54, 1.807) is 17.8 Å². The van der Waals surface area contributed by atoms with Crippen molar-refractivity contribution in [2.45, 2.75) is 44.6 Å². The third-order valence-corrected chi connectivity index (χ3v) is 5.19. The summed E-state index contributed by atoms with van der Waals surface area (Å²) in [7, 11) is 0. The summed E-state index contributed by atoms with van der Waals surface area (Å²) in [6, 6.07) is 4.30. The number of pyridine rings is 1. The molecule has 1 saturated carbocycles.